The number of hydrogen-bond acceptors (Lipinski definition) is 2. The fourth-order valence-electron chi connectivity index (χ4n) is 1.57. The largest absolute Gasteiger partial charge is 0.393 e. The SMILES string of the molecule is CCC(O)CCCn1ccn(CC)c1=O. The predicted molar refractivity (Wildman–Crippen MR) is 59.9 cm³/mol. The molecule has 1 N–H and O–H groups in total. The quantitative estimate of drug-likeness (QED) is 0.770. The molecule has 86 valence electrons. The summed E-state index contributed by atoms with van der Waals surface area (Å²) in [6.07, 6.45) is 5.78. The van der Waals surface area contributed by atoms with Gasteiger partial charge in [0.25, 0.3) is 0 Å². The second kappa shape index (κ2) is 5.75. The lowest BCUT2D eigenvalue weighted by atomic mass is 10.1. The van der Waals surface area contributed by atoms with Crippen molar-refractivity contribution in [2.24, 2.45) is 0 Å². The summed E-state index contributed by atoms with van der Waals surface area (Å²) in [7, 11) is 0. The minimum atomic E-state index is -0.228. The first-order valence-electron chi connectivity index (χ1n) is 5.62. The number of aliphatic hydroxyl groups is 1. The number of aliphatic hydroxyl groups excluding tert-OH is 1. The molecule has 0 fully saturated rings. The topological polar surface area (TPSA) is 47.2 Å². The Morgan fingerprint density at radius 1 is 1.33 bits per heavy atom. The maximum Gasteiger partial charge on any atom is 0.328 e. The Labute approximate surface area is 90.2 Å². The summed E-state index contributed by atoms with van der Waals surface area (Å²) in [5.41, 5.74) is 0.0449. The first-order valence-corrected chi connectivity index (χ1v) is 5.62. The molecule has 0 bridgehead atoms. The Kier molecular flexibility index (Phi) is 4.62. The van der Waals surface area contributed by atoms with Crippen LogP contribution >= 0.6 is 0 Å². The van der Waals surface area contributed by atoms with E-state index in [9.17, 15) is 9.90 Å². The van der Waals surface area contributed by atoms with Gasteiger partial charge >= 0.3 is 5.69 Å². The fraction of sp³-hybridized carbons (Fsp3) is 0.727. The van der Waals surface area contributed by atoms with E-state index in [2.05, 4.69) is 0 Å². The Morgan fingerprint density at radius 3 is 2.53 bits per heavy atom. The van der Waals surface area contributed by atoms with E-state index in [0.29, 0.717) is 13.1 Å². The van der Waals surface area contributed by atoms with Crippen LogP contribution in [0.3, 0.4) is 0 Å². The van der Waals surface area contributed by atoms with Gasteiger partial charge in [0, 0.05) is 25.5 Å². The maximum atomic E-state index is 11.6. The molecule has 1 aromatic rings. The van der Waals surface area contributed by atoms with Crippen LogP contribution in [0.4, 0.5) is 0 Å². The van der Waals surface area contributed by atoms with E-state index in [0.717, 1.165) is 19.3 Å². The van der Waals surface area contributed by atoms with Crippen LogP contribution in [0.15, 0.2) is 17.2 Å². The van der Waals surface area contributed by atoms with E-state index in [1.54, 1.807) is 15.3 Å². The van der Waals surface area contributed by atoms with E-state index >= 15 is 0 Å². The molecule has 4 heteroatoms. The van der Waals surface area contributed by atoms with Gasteiger partial charge in [-0.1, -0.05) is 6.92 Å². The van der Waals surface area contributed by atoms with Crippen molar-refractivity contribution in [2.45, 2.75) is 52.3 Å². The van der Waals surface area contributed by atoms with Gasteiger partial charge in [0.05, 0.1) is 6.10 Å². The third kappa shape index (κ3) is 3.23. The van der Waals surface area contributed by atoms with Crippen LogP contribution in [0.2, 0.25) is 0 Å². The molecule has 0 aliphatic rings. The van der Waals surface area contributed by atoms with Gasteiger partial charge in [-0.05, 0) is 26.2 Å². The molecular weight excluding hydrogens is 192 g/mol. The van der Waals surface area contributed by atoms with Gasteiger partial charge in [-0.3, -0.25) is 9.13 Å². The smallest absolute Gasteiger partial charge is 0.328 e. The summed E-state index contributed by atoms with van der Waals surface area (Å²) in [6.45, 7) is 5.32. The van der Waals surface area contributed by atoms with Crippen molar-refractivity contribution < 1.29 is 5.11 Å². The van der Waals surface area contributed by atoms with Gasteiger partial charge < -0.3 is 5.11 Å². The Hall–Kier alpha value is -1.03. The second-order valence-electron chi connectivity index (χ2n) is 3.76. The first-order chi connectivity index (χ1) is 7.19. The number of aryl methyl sites for hydroxylation is 2. The van der Waals surface area contributed by atoms with Crippen LogP contribution in [0.25, 0.3) is 0 Å². The van der Waals surface area contributed by atoms with Crippen LogP contribution in [0.5, 0.6) is 0 Å². The molecule has 0 aliphatic carbocycles. The first kappa shape index (κ1) is 12.0. The predicted octanol–water partition coefficient (Wildman–Crippen LogP) is 1.22. The molecule has 0 saturated carbocycles. The maximum absolute atomic E-state index is 11.6. The zero-order valence-corrected chi connectivity index (χ0v) is 9.52. The van der Waals surface area contributed by atoms with Crippen LogP contribution in [0, 0.1) is 0 Å². The summed E-state index contributed by atoms with van der Waals surface area (Å²) in [5.74, 6) is 0. The third-order valence-corrected chi connectivity index (χ3v) is 2.67. The molecule has 0 aromatic carbocycles. The lowest BCUT2D eigenvalue weighted by molar-refractivity contribution is 0.155. The Balaban J connectivity index is 2.44. The molecule has 0 amide bonds. The lowest BCUT2D eigenvalue weighted by Gasteiger charge is -2.06. The molecule has 0 aliphatic heterocycles. The standard InChI is InChI=1S/C11H20N2O2/c1-3-10(14)6-5-7-13-9-8-12(4-2)11(13)15/h8-10,14H,3-7H2,1-2H3. The van der Waals surface area contributed by atoms with Crippen molar-refractivity contribution in [1.29, 1.82) is 0 Å². The van der Waals surface area contributed by atoms with Crippen LogP contribution < -0.4 is 5.69 Å². The average Bonchev–Trinajstić information content (AvgIpc) is 2.60. The highest BCUT2D eigenvalue weighted by atomic mass is 16.3. The normalized spacial score (nSPS) is 13.0. The number of rotatable bonds is 6. The van der Waals surface area contributed by atoms with Gasteiger partial charge in [-0.2, -0.15) is 0 Å². The molecule has 1 heterocycles. The summed E-state index contributed by atoms with van der Waals surface area (Å²) in [6, 6.07) is 0. The molecule has 0 radical (unpaired) electrons. The molecule has 1 aromatic heterocycles. The van der Waals surface area contributed by atoms with Crippen molar-refractivity contribution in [3.05, 3.63) is 22.9 Å². The van der Waals surface area contributed by atoms with Gasteiger partial charge in [-0.15, -0.1) is 0 Å². The van der Waals surface area contributed by atoms with Crippen LogP contribution in [-0.4, -0.2) is 20.3 Å². The number of hydrogen-bond donors (Lipinski definition) is 1. The number of nitrogens with zero attached hydrogens (tertiary/aromatic N) is 2. The summed E-state index contributed by atoms with van der Waals surface area (Å²) >= 11 is 0. The molecular formula is C11H20N2O2. The van der Waals surface area contributed by atoms with Crippen molar-refractivity contribution in [3.63, 3.8) is 0 Å². The minimum Gasteiger partial charge on any atom is -0.393 e. The molecule has 1 unspecified atom stereocenters. The van der Waals surface area contributed by atoms with Crippen LogP contribution in [0.1, 0.15) is 33.1 Å². The van der Waals surface area contributed by atoms with Gasteiger partial charge in [0.2, 0.25) is 0 Å². The molecule has 1 rings (SSSR count). The lowest BCUT2D eigenvalue weighted by Crippen LogP contribution is -2.23. The molecule has 0 saturated heterocycles. The summed E-state index contributed by atoms with van der Waals surface area (Å²) in [4.78, 5) is 11.6. The number of imidazole rings is 1. The Morgan fingerprint density at radius 2 is 2.00 bits per heavy atom. The monoisotopic (exact) mass is 212 g/mol. The number of aromatic nitrogens is 2. The second-order valence-corrected chi connectivity index (χ2v) is 3.76. The van der Waals surface area contributed by atoms with E-state index < -0.39 is 0 Å². The van der Waals surface area contributed by atoms with E-state index in [1.165, 1.54) is 0 Å². The summed E-state index contributed by atoms with van der Waals surface area (Å²) < 4.78 is 3.38. The van der Waals surface area contributed by atoms with Gasteiger partial charge in [-0.25, -0.2) is 4.79 Å². The van der Waals surface area contributed by atoms with Gasteiger partial charge in [0.15, 0.2) is 0 Å². The van der Waals surface area contributed by atoms with E-state index in [4.69, 9.17) is 0 Å². The van der Waals surface area contributed by atoms with E-state index in [1.807, 2.05) is 20.0 Å². The molecule has 15 heavy (non-hydrogen) atoms. The molecule has 1 atom stereocenters. The zero-order valence-electron chi connectivity index (χ0n) is 9.52. The fourth-order valence-corrected chi connectivity index (χ4v) is 1.57. The van der Waals surface area contributed by atoms with E-state index in [-0.39, 0.29) is 11.8 Å². The van der Waals surface area contributed by atoms with Crippen LogP contribution in [-0.2, 0) is 13.1 Å². The minimum absolute atomic E-state index is 0.0449. The Bertz CT molecular complexity index is 341. The summed E-state index contributed by atoms with van der Waals surface area (Å²) in [5, 5.41) is 9.36. The highest BCUT2D eigenvalue weighted by Crippen LogP contribution is 2.02. The third-order valence-electron chi connectivity index (χ3n) is 2.67. The average molecular weight is 212 g/mol. The highest BCUT2D eigenvalue weighted by Gasteiger charge is 2.03. The van der Waals surface area contributed by atoms with Crippen molar-refractivity contribution in [3.8, 4) is 0 Å². The zero-order chi connectivity index (χ0) is 11.3. The van der Waals surface area contributed by atoms with Crippen molar-refractivity contribution >= 4 is 0 Å². The molecule has 0 spiro atoms. The molecule has 4 nitrogen and oxygen atoms in total. The van der Waals surface area contributed by atoms with Crippen molar-refractivity contribution in [2.75, 3.05) is 0 Å². The highest BCUT2D eigenvalue weighted by molar-refractivity contribution is 4.80. The van der Waals surface area contributed by atoms with Crippen molar-refractivity contribution in [1.82, 2.24) is 9.13 Å². The van der Waals surface area contributed by atoms with Gasteiger partial charge in [0.1, 0.15) is 0 Å².